The molecule has 0 radical (unpaired) electrons. The van der Waals surface area contributed by atoms with E-state index in [9.17, 15) is 14.0 Å². The van der Waals surface area contributed by atoms with Crippen molar-refractivity contribution in [2.24, 2.45) is 0 Å². The summed E-state index contributed by atoms with van der Waals surface area (Å²) in [5, 5.41) is 0.0810. The minimum absolute atomic E-state index is 0.0440. The molecule has 0 saturated heterocycles. The summed E-state index contributed by atoms with van der Waals surface area (Å²) in [5.41, 5.74) is -0.754. The van der Waals surface area contributed by atoms with Gasteiger partial charge in [0.05, 0.1) is 0 Å². The Morgan fingerprint density at radius 2 is 2.05 bits per heavy atom. The van der Waals surface area contributed by atoms with Gasteiger partial charge in [-0.2, -0.15) is 0 Å². The lowest BCUT2D eigenvalue weighted by atomic mass is 10.1. The highest BCUT2D eigenvalue weighted by molar-refractivity contribution is 6.31. The van der Waals surface area contributed by atoms with Gasteiger partial charge >= 0.3 is 6.09 Å². The Morgan fingerprint density at radius 3 is 2.50 bits per heavy atom. The van der Waals surface area contributed by atoms with Gasteiger partial charge in [-0.1, -0.05) is 17.7 Å². The van der Waals surface area contributed by atoms with E-state index in [1.54, 1.807) is 20.8 Å². The molecule has 1 unspecified atom stereocenters. The standard InChI is InChI=1S/C14H17ClFNO3/c1-14(2,3)20-13(19)17(4)11(8-18)12-9(15)6-5-7-10(12)16/h5-8,11H,1-4H3. The maximum absolute atomic E-state index is 13.8. The molecule has 0 aromatic heterocycles. The molecule has 1 rings (SSSR count). The lowest BCUT2D eigenvalue weighted by Crippen LogP contribution is -2.37. The number of ether oxygens (including phenoxy) is 1. The Labute approximate surface area is 122 Å². The second-order valence-electron chi connectivity index (χ2n) is 5.31. The average molecular weight is 302 g/mol. The van der Waals surface area contributed by atoms with E-state index >= 15 is 0 Å². The van der Waals surface area contributed by atoms with Crippen molar-refractivity contribution in [1.29, 1.82) is 0 Å². The average Bonchev–Trinajstić information content (AvgIpc) is 2.31. The van der Waals surface area contributed by atoms with E-state index < -0.39 is 23.6 Å². The van der Waals surface area contributed by atoms with Gasteiger partial charge in [0.2, 0.25) is 0 Å². The number of aldehydes is 1. The lowest BCUT2D eigenvalue weighted by Gasteiger charge is -2.28. The second-order valence-corrected chi connectivity index (χ2v) is 5.71. The van der Waals surface area contributed by atoms with E-state index in [-0.39, 0.29) is 10.6 Å². The van der Waals surface area contributed by atoms with Gasteiger partial charge < -0.3 is 9.53 Å². The maximum Gasteiger partial charge on any atom is 0.410 e. The van der Waals surface area contributed by atoms with Crippen LogP contribution in [-0.4, -0.2) is 29.9 Å². The van der Waals surface area contributed by atoms with E-state index in [1.165, 1.54) is 25.2 Å². The monoisotopic (exact) mass is 301 g/mol. The van der Waals surface area contributed by atoms with Crippen LogP contribution in [0.2, 0.25) is 5.02 Å². The fourth-order valence-electron chi connectivity index (χ4n) is 1.59. The largest absolute Gasteiger partial charge is 0.444 e. The summed E-state index contributed by atoms with van der Waals surface area (Å²) < 4.78 is 19.0. The third kappa shape index (κ3) is 3.93. The molecule has 110 valence electrons. The molecular weight excluding hydrogens is 285 g/mol. The van der Waals surface area contributed by atoms with Crippen LogP contribution in [0.15, 0.2) is 18.2 Å². The minimum Gasteiger partial charge on any atom is -0.444 e. The van der Waals surface area contributed by atoms with Crippen molar-refractivity contribution in [3.63, 3.8) is 0 Å². The first-order valence-electron chi connectivity index (χ1n) is 6.02. The first-order chi connectivity index (χ1) is 9.17. The van der Waals surface area contributed by atoms with Crippen LogP contribution in [0.3, 0.4) is 0 Å². The molecule has 0 spiro atoms. The lowest BCUT2D eigenvalue weighted by molar-refractivity contribution is -0.112. The molecule has 1 aromatic rings. The highest BCUT2D eigenvalue weighted by atomic mass is 35.5. The van der Waals surface area contributed by atoms with Gasteiger partial charge in [-0.15, -0.1) is 0 Å². The van der Waals surface area contributed by atoms with Gasteiger partial charge in [-0.25, -0.2) is 9.18 Å². The third-order valence-corrected chi connectivity index (χ3v) is 2.85. The van der Waals surface area contributed by atoms with Crippen molar-refractivity contribution in [3.8, 4) is 0 Å². The number of rotatable bonds is 3. The summed E-state index contributed by atoms with van der Waals surface area (Å²) in [6, 6.07) is 2.93. The van der Waals surface area contributed by atoms with Crippen molar-refractivity contribution in [2.45, 2.75) is 32.4 Å². The van der Waals surface area contributed by atoms with Gasteiger partial charge in [0, 0.05) is 17.6 Å². The Bertz CT molecular complexity index is 493. The number of nitrogens with zero attached hydrogens (tertiary/aromatic N) is 1. The van der Waals surface area contributed by atoms with Crippen LogP contribution in [0.4, 0.5) is 9.18 Å². The number of hydrogen-bond acceptors (Lipinski definition) is 3. The molecule has 20 heavy (non-hydrogen) atoms. The molecule has 1 aromatic carbocycles. The molecule has 4 nitrogen and oxygen atoms in total. The van der Waals surface area contributed by atoms with Crippen molar-refractivity contribution < 1.29 is 18.7 Å². The second kappa shape index (κ2) is 6.22. The van der Waals surface area contributed by atoms with E-state index in [2.05, 4.69) is 0 Å². The van der Waals surface area contributed by atoms with Crippen molar-refractivity contribution in [1.82, 2.24) is 4.90 Å². The van der Waals surface area contributed by atoms with E-state index in [4.69, 9.17) is 16.3 Å². The van der Waals surface area contributed by atoms with Crippen molar-refractivity contribution in [2.75, 3.05) is 7.05 Å². The number of likely N-dealkylation sites (N-methyl/N-ethyl adjacent to an activating group) is 1. The zero-order valence-electron chi connectivity index (χ0n) is 11.8. The molecule has 6 heteroatoms. The maximum atomic E-state index is 13.8. The fraction of sp³-hybridized carbons (Fsp3) is 0.429. The molecule has 0 heterocycles. The summed E-state index contributed by atoms with van der Waals surface area (Å²) in [6.07, 6.45) is -0.275. The molecule has 0 N–H and O–H groups in total. The van der Waals surface area contributed by atoms with Crippen LogP contribution < -0.4 is 0 Å². The quantitative estimate of drug-likeness (QED) is 0.802. The Hall–Kier alpha value is -1.62. The smallest absolute Gasteiger partial charge is 0.410 e. The molecule has 0 saturated carbocycles. The molecule has 0 aliphatic heterocycles. The van der Waals surface area contributed by atoms with Crippen LogP contribution >= 0.6 is 11.6 Å². The number of halogens is 2. The van der Waals surface area contributed by atoms with E-state index in [0.717, 1.165) is 4.90 Å². The molecule has 0 aliphatic carbocycles. The van der Waals surface area contributed by atoms with Crippen LogP contribution in [0, 0.1) is 5.82 Å². The van der Waals surface area contributed by atoms with E-state index in [0.29, 0.717) is 6.29 Å². The topological polar surface area (TPSA) is 46.6 Å². The normalized spacial score (nSPS) is 12.7. The molecule has 0 aliphatic rings. The van der Waals surface area contributed by atoms with Crippen LogP contribution in [0.25, 0.3) is 0 Å². The first-order valence-corrected chi connectivity index (χ1v) is 6.40. The Balaban J connectivity index is 3.08. The summed E-state index contributed by atoms with van der Waals surface area (Å²) >= 11 is 5.91. The summed E-state index contributed by atoms with van der Waals surface area (Å²) in [4.78, 5) is 24.2. The molecule has 1 amide bonds. The van der Waals surface area contributed by atoms with Gasteiger partial charge in [-0.05, 0) is 32.9 Å². The predicted octanol–water partition coefficient (Wildman–Crippen LogP) is 3.59. The number of benzene rings is 1. The summed E-state index contributed by atoms with van der Waals surface area (Å²) in [5.74, 6) is -0.648. The molecule has 0 fully saturated rings. The number of hydrogen-bond donors (Lipinski definition) is 0. The predicted molar refractivity (Wildman–Crippen MR) is 74.2 cm³/mol. The van der Waals surface area contributed by atoms with Gasteiger partial charge in [0.15, 0.2) is 0 Å². The van der Waals surface area contributed by atoms with Gasteiger partial charge in [0.25, 0.3) is 0 Å². The van der Waals surface area contributed by atoms with Crippen LogP contribution in [-0.2, 0) is 9.53 Å². The number of amides is 1. The number of carbonyl (C=O) groups is 2. The highest BCUT2D eigenvalue weighted by Crippen LogP contribution is 2.29. The number of carbonyl (C=O) groups excluding carboxylic acids is 2. The first kappa shape index (κ1) is 16.4. The minimum atomic E-state index is -1.14. The fourth-order valence-corrected chi connectivity index (χ4v) is 1.87. The highest BCUT2D eigenvalue weighted by Gasteiger charge is 2.29. The Kier molecular flexibility index (Phi) is 5.11. The molecule has 0 bridgehead atoms. The zero-order chi connectivity index (χ0) is 15.5. The van der Waals surface area contributed by atoms with Crippen molar-refractivity contribution >= 4 is 24.0 Å². The third-order valence-electron chi connectivity index (χ3n) is 2.52. The zero-order valence-corrected chi connectivity index (χ0v) is 12.6. The summed E-state index contributed by atoms with van der Waals surface area (Å²) in [7, 11) is 1.36. The molecule has 1 atom stereocenters. The van der Waals surface area contributed by atoms with Crippen LogP contribution in [0.1, 0.15) is 32.4 Å². The van der Waals surface area contributed by atoms with Crippen LogP contribution in [0.5, 0.6) is 0 Å². The van der Waals surface area contributed by atoms with Gasteiger partial charge in [-0.3, -0.25) is 4.90 Å². The Morgan fingerprint density at radius 1 is 1.45 bits per heavy atom. The summed E-state index contributed by atoms with van der Waals surface area (Å²) in [6.45, 7) is 5.10. The SMILES string of the molecule is CN(C(=O)OC(C)(C)C)C(C=O)c1c(F)cccc1Cl. The molecular formula is C14H17ClFNO3. The van der Waals surface area contributed by atoms with Crippen molar-refractivity contribution in [3.05, 3.63) is 34.6 Å². The van der Waals surface area contributed by atoms with Gasteiger partial charge in [0.1, 0.15) is 23.7 Å². The van der Waals surface area contributed by atoms with E-state index in [1.807, 2.05) is 0 Å².